The summed E-state index contributed by atoms with van der Waals surface area (Å²) in [5.41, 5.74) is 17.4. The van der Waals surface area contributed by atoms with E-state index >= 15 is 0 Å². The molecule has 2 heteroatoms. The van der Waals surface area contributed by atoms with Crippen LogP contribution in [0.5, 0.6) is 0 Å². The Bertz CT molecular complexity index is 2890. The lowest BCUT2D eigenvalue weighted by molar-refractivity contribution is 0.275. The van der Waals surface area contributed by atoms with Crippen molar-refractivity contribution in [3.05, 3.63) is 155 Å². The van der Waals surface area contributed by atoms with Crippen LogP contribution in [-0.4, -0.2) is 23.4 Å². The van der Waals surface area contributed by atoms with E-state index in [1.807, 2.05) is 0 Å². The Morgan fingerprint density at radius 2 is 0.933 bits per heavy atom. The Hall–Kier alpha value is -5.28. The molecule has 0 spiro atoms. The Kier molecular flexibility index (Phi) is 9.54. The van der Waals surface area contributed by atoms with Crippen LogP contribution in [0.2, 0.25) is 0 Å². The Morgan fingerprint density at radius 1 is 0.433 bits per heavy atom. The second kappa shape index (κ2) is 14.7. The van der Waals surface area contributed by atoms with Crippen LogP contribution in [0.3, 0.4) is 0 Å². The van der Waals surface area contributed by atoms with Crippen LogP contribution >= 0.6 is 0 Å². The molecule has 10 rings (SSSR count). The lowest BCUT2D eigenvalue weighted by Gasteiger charge is -2.33. The van der Waals surface area contributed by atoms with Crippen LogP contribution in [-0.2, 0) is 16.2 Å². The summed E-state index contributed by atoms with van der Waals surface area (Å²) in [6.07, 6.45) is 8.06. The molecule has 0 amide bonds. The summed E-state index contributed by atoms with van der Waals surface area (Å²) in [4.78, 5) is 0. The number of unbranched alkanes of at least 4 members (excludes halogenated alkanes) is 4. The lowest BCUT2D eigenvalue weighted by Crippen LogP contribution is -2.25. The van der Waals surface area contributed by atoms with Crippen molar-refractivity contribution in [3.63, 3.8) is 0 Å². The first-order valence-electron chi connectivity index (χ1n) is 22.5. The van der Waals surface area contributed by atoms with E-state index in [-0.39, 0.29) is 29.5 Å². The maximum Gasteiger partial charge on any atom is 0.0431 e. The maximum atomic E-state index is 9.62. The molecule has 0 unspecified atom stereocenters. The van der Waals surface area contributed by atoms with Gasteiger partial charge in [0.25, 0.3) is 0 Å². The van der Waals surface area contributed by atoms with Crippen molar-refractivity contribution in [3.8, 4) is 44.5 Å². The van der Waals surface area contributed by atoms with Crippen molar-refractivity contribution in [1.29, 1.82) is 0 Å². The summed E-state index contributed by atoms with van der Waals surface area (Å²) in [6.45, 7) is 12.2. The van der Waals surface area contributed by atoms with Crippen LogP contribution in [0, 0.1) is 0 Å². The van der Waals surface area contributed by atoms with Gasteiger partial charge in [0.05, 0.1) is 0 Å². The number of hydrogen-bond acceptors (Lipinski definition) is 2. The fourth-order valence-electron chi connectivity index (χ4n) is 11.3. The van der Waals surface area contributed by atoms with Crippen LogP contribution in [0.25, 0.3) is 76.8 Å². The smallest absolute Gasteiger partial charge is 0.0431 e. The van der Waals surface area contributed by atoms with Gasteiger partial charge < -0.3 is 10.2 Å². The second-order valence-corrected chi connectivity index (χ2v) is 19.5. The maximum absolute atomic E-state index is 9.62. The normalized spacial score (nSPS) is 14.8. The molecule has 0 heterocycles. The number of benzene rings is 8. The summed E-state index contributed by atoms with van der Waals surface area (Å²) in [5.74, 6) is 0. The molecule has 0 radical (unpaired) electrons. The Morgan fingerprint density at radius 3 is 1.57 bits per heavy atom. The molecule has 302 valence electrons. The molecule has 8 aromatic carbocycles. The molecule has 2 aliphatic carbocycles. The first-order valence-corrected chi connectivity index (χ1v) is 22.5. The molecule has 2 N–H and O–H groups in total. The lowest BCUT2D eigenvalue weighted by atomic mass is 9.70. The van der Waals surface area contributed by atoms with Crippen molar-refractivity contribution in [2.45, 2.75) is 102 Å². The molecule has 0 saturated carbocycles. The molecular weight excluding hydrogens is 729 g/mol. The number of aliphatic hydroxyl groups excluding tert-OH is 2. The van der Waals surface area contributed by atoms with Gasteiger partial charge in [-0.05, 0) is 154 Å². The van der Waals surface area contributed by atoms with Crippen molar-refractivity contribution in [1.82, 2.24) is 0 Å². The van der Waals surface area contributed by atoms with Crippen molar-refractivity contribution in [2.75, 3.05) is 13.2 Å². The standard InChI is InChI=1S/C58H58O2/c1-56(2,3)43-32-41-17-16-37-18-23-44(49-27-22-42(33-43)54(41)55(37)49)40-21-26-47-46-24-19-38(34-51(46)57(4,5)52(47)36-40)39-20-25-48-45-14-8-9-15-50(45)58(53(48)35-39,28-10-6-12-30-59)29-11-7-13-31-60/h8-9,14-27,32-36,59-60H,6-7,10-13,28-31H2,1-5H3. The molecule has 0 atom stereocenters. The fourth-order valence-corrected chi connectivity index (χ4v) is 11.3. The van der Waals surface area contributed by atoms with Gasteiger partial charge in [0.2, 0.25) is 0 Å². The summed E-state index contributed by atoms with van der Waals surface area (Å²) in [5, 5.41) is 27.2. The monoisotopic (exact) mass is 786 g/mol. The molecule has 2 nitrogen and oxygen atoms in total. The molecule has 0 saturated heterocycles. The largest absolute Gasteiger partial charge is 0.396 e. The second-order valence-electron chi connectivity index (χ2n) is 19.5. The fraction of sp³-hybridized carbons (Fsp3) is 0.310. The average Bonchev–Trinajstić information content (AvgIpc) is 3.66. The molecular formula is C58H58O2. The van der Waals surface area contributed by atoms with E-state index < -0.39 is 0 Å². The highest BCUT2D eigenvalue weighted by molar-refractivity contribution is 6.25. The van der Waals surface area contributed by atoms with Gasteiger partial charge in [-0.1, -0.05) is 169 Å². The van der Waals surface area contributed by atoms with Gasteiger partial charge >= 0.3 is 0 Å². The van der Waals surface area contributed by atoms with E-state index in [4.69, 9.17) is 0 Å². The highest BCUT2D eigenvalue weighted by Gasteiger charge is 2.42. The van der Waals surface area contributed by atoms with Gasteiger partial charge in [0, 0.05) is 24.0 Å². The third-order valence-electron chi connectivity index (χ3n) is 14.6. The SMILES string of the molecule is CC(C)(C)c1cc2ccc3ccc(-c4ccc5c(c4)C(C)(C)c4cc(-c6ccc7c(c6)C(CCCCCO)(CCCCCO)c6ccccc6-7)ccc4-5)c4ccc(c1)c2c34. The van der Waals surface area contributed by atoms with Crippen LogP contribution < -0.4 is 0 Å². The summed E-state index contributed by atoms with van der Waals surface area (Å²) in [7, 11) is 0. The molecule has 2 aliphatic rings. The van der Waals surface area contributed by atoms with Crippen LogP contribution in [0.15, 0.2) is 127 Å². The summed E-state index contributed by atoms with van der Waals surface area (Å²) < 4.78 is 0. The van der Waals surface area contributed by atoms with Crippen molar-refractivity contribution >= 4 is 32.3 Å². The van der Waals surface area contributed by atoms with E-state index in [1.165, 1.54) is 105 Å². The van der Waals surface area contributed by atoms with Gasteiger partial charge in [-0.15, -0.1) is 0 Å². The molecule has 0 aliphatic heterocycles. The first-order chi connectivity index (χ1) is 29.0. The predicted molar refractivity (Wildman–Crippen MR) is 255 cm³/mol. The topological polar surface area (TPSA) is 40.5 Å². The first kappa shape index (κ1) is 38.9. The molecule has 60 heavy (non-hydrogen) atoms. The van der Waals surface area contributed by atoms with Gasteiger partial charge in [-0.3, -0.25) is 0 Å². The number of hydrogen-bond donors (Lipinski definition) is 2. The van der Waals surface area contributed by atoms with E-state index in [2.05, 4.69) is 162 Å². The Balaban J connectivity index is 1.03. The number of aliphatic hydroxyl groups is 2. The van der Waals surface area contributed by atoms with Gasteiger partial charge in [0.1, 0.15) is 0 Å². The van der Waals surface area contributed by atoms with Crippen LogP contribution in [0.4, 0.5) is 0 Å². The van der Waals surface area contributed by atoms with Gasteiger partial charge in [-0.2, -0.15) is 0 Å². The average molecular weight is 787 g/mol. The highest BCUT2D eigenvalue weighted by atomic mass is 16.3. The van der Waals surface area contributed by atoms with Crippen molar-refractivity contribution < 1.29 is 10.2 Å². The number of fused-ring (bicyclic) bond motifs is 6. The minimum atomic E-state index is -0.167. The zero-order valence-corrected chi connectivity index (χ0v) is 36.1. The molecule has 0 fully saturated rings. The van der Waals surface area contributed by atoms with E-state index in [0.717, 1.165) is 51.4 Å². The number of rotatable bonds is 12. The minimum absolute atomic E-state index is 0.0734. The molecule has 0 aromatic heterocycles. The van der Waals surface area contributed by atoms with Gasteiger partial charge in [0.15, 0.2) is 0 Å². The quantitative estimate of drug-likeness (QED) is 0.0956. The zero-order valence-electron chi connectivity index (χ0n) is 36.1. The minimum Gasteiger partial charge on any atom is -0.396 e. The predicted octanol–water partition coefficient (Wildman–Crippen LogP) is 14.9. The van der Waals surface area contributed by atoms with Crippen molar-refractivity contribution in [2.24, 2.45) is 0 Å². The third kappa shape index (κ3) is 6.13. The molecule has 8 aromatic rings. The van der Waals surface area contributed by atoms with E-state index in [9.17, 15) is 10.2 Å². The Labute approximate surface area is 356 Å². The highest BCUT2D eigenvalue weighted by Crippen LogP contribution is 2.56. The van der Waals surface area contributed by atoms with Gasteiger partial charge in [-0.25, -0.2) is 0 Å². The zero-order chi connectivity index (χ0) is 41.4. The molecule has 0 bridgehead atoms. The summed E-state index contributed by atoms with van der Waals surface area (Å²) >= 11 is 0. The van der Waals surface area contributed by atoms with Crippen LogP contribution in [0.1, 0.15) is 114 Å². The summed E-state index contributed by atoms with van der Waals surface area (Å²) in [6, 6.07) is 49.5. The third-order valence-corrected chi connectivity index (χ3v) is 14.6. The van der Waals surface area contributed by atoms with E-state index in [0.29, 0.717) is 0 Å². The van der Waals surface area contributed by atoms with E-state index in [1.54, 1.807) is 0 Å².